The van der Waals surface area contributed by atoms with Crippen molar-refractivity contribution >= 4 is 15.9 Å². The summed E-state index contributed by atoms with van der Waals surface area (Å²) in [5.41, 5.74) is 5.30. The molecule has 1 atom stereocenters. The lowest BCUT2D eigenvalue weighted by molar-refractivity contribution is 0.598. The van der Waals surface area contributed by atoms with E-state index in [0.717, 1.165) is 19.4 Å². The molecule has 2 aromatic rings. The van der Waals surface area contributed by atoms with Crippen LogP contribution < -0.4 is 5.32 Å². The van der Waals surface area contributed by atoms with Crippen molar-refractivity contribution in [1.82, 2.24) is 5.32 Å². The van der Waals surface area contributed by atoms with Gasteiger partial charge in [0.15, 0.2) is 0 Å². The molecule has 0 saturated carbocycles. The van der Waals surface area contributed by atoms with Crippen molar-refractivity contribution in [2.75, 3.05) is 6.54 Å². The largest absolute Gasteiger partial charge is 0.306 e. The summed E-state index contributed by atoms with van der Waals surface area (Å²) < 4.78 is 1.17. The van der Waals surface area contributed by atoms with Crippen LogP contribution >= 0.6 is 15.9 Å². The zero-order chi connectivity index (χ0) is 15.2. The van der Waals surface area contributed by atoms with Gasteiger partial charge in [0.25, 0.3) is 0 Å². The van der Waals surface area contributed by atoms with Gasteiger partial charge in [-0.2, -0.15) is 0 Å². The summed E-state index contributed by atoms with van der Waals surface area (Å²) in [7, 11) is 0. The lowest BCUT2D eigenvalue weighted by Crippen LogP contribution is -2.23. The first-order valence-corrected chi connectivity index (χ1v) is 8.53. The van der Waals surface area contributed by atoms with Crippen molar-refractivity contribution in [1.29, 1.82) is 0 Å². The Labute approximate surface area is 136 Å². The van der Waals surface area contributed by atoms with E-state index in [1.165, 1.54) is 26.7 Å². The number of nitrogens with one attached hydrogen (secondary N) is 1. The molecule has 0 aliphatic carbocycles. The Morgan fingerprint density at radius 3 is 2.24 bits per heavy atom. The minimum atomic E-state index is 0.257. The molecule has 21 heavy (non-hydrogen) atoms. The normalized spacial score (nSPS) is 12.4. The van der Waals surface area contributed by atoms with Gasteiger partial charge in [0.2, 0.25) is 0 Å². The van der Waals surface area contributed by atoms with Crippen molar-refractivity contribution < 1.29 is 0 Å². The maximum absolute atomic E-state index is 3.67. The van der Waals surface area contributed by atoms with E-state index in [1.54, 1.807) is 0 Å². The van der Waals surface area contributed by atoms with Crippen molar-refractivity contribution in [3.8, 4) is 0 Å². The van der Waals surface area contributed by atoms with Crippen LogP contribution in [0.15, 0.2) is 46.9 Å². The van der Waals surface area contributed by atoms with Gasteiger partial charge in [-0.15, -0.1) is 0 Å². The fourth-order valence-electron chi connectivity index (χ4n) is 2.45. The SMILES string of the molecule is CCCNC(c1ccc(CC)cc1)c1ccc(C)c(Br)c1. The molecule has 2 rings (SSSR count). The molecule has 0 amide bonds. The van der Waals surface area contributed by atoms with Gasteiger partial charge >= 0.3 is 0 Å². The van der Waals surface area contributed by atoms with E-state index in [9.17, 15) is 0 Å². The third-order valence-corrected chi connectivity index (χ3v) is 4.70. The molecule has 0 saturated heterocycles. The summed E-state index contributed by atoms with van der Waals surface area (Å²) in [6.07, 6.45) is 2.22. The van der Waals surface area contributed by atoms with Gasteiger partial charge in [-0.25, -0.2) is 0 Å². The van der Waals surface area contributed by atoms with Gasteiger partial charge in [0.1, 0.15) is 0 Å². The first-order chi connectivity index (χ1) is 10.2. The van der Waals surface area contributed by atoms with E-state index in [-0.39, 0.29) is 6.04 Å². The minimum Gasteiger partial charge on any atom is -0.306 e. The fraction of sp³-hybridized carbons (Fsp3) is 0.368. The Balaban J connectivity index is 2.33. The minimum absolute atomic E-state index is 0.257. The molecule has 112 valence electrons. The third kappa shape index (κ3) is 4.18. The average molecular weight is 346 g/mol. The summed E-state index contributed by atoms with van der Waals surface area (Å²) in [4.78, 5) is 0. The molecule has 2 heteroatoms. The summed E-state index contributed by atoms with van der Waals surface area (Å²) in [5, 5.41) is 3.67. The Morgan fingerprint density at radius 1 is 1.00 bits per heavy atom. The fourth-order valence-corrected chi connectivity index (χ4v) is 2.85. The smallest absolute Gasteiger partial charge is 0.0577 e. The molecule has 0 radical (unpaired) electrons. The molecule has 1 nitrogen and oxygen atoms in total. The van der Waals surface area contributed by atoms with E-state index in [4.69, 9.17) is 0 Å². The lowest BCUT2D eigenvalue weighted by Gasteiger charge is -2.20. The predicted molar refractivity (Wildman–Crippen MR) is 94.8 cm³/mol. The van der Waals surface area contributed by atoms with Gasteiger partial charge in [0.05, 0.1) is 6.04 Å². The molecule has 0 heterocycles. The molecule has 0 bridgehead atoms. The van der Waals surface area contributed by atoms with E-state index < -0.39 is 0 Å². The quantitative estimate of drug-likeness (QED) is 0.737. The van der Waals surface area contributed by atoms with Crippen LogP contribution in [0.3, 0.4) is 0 Å². The maximum atomic E-state index is 3.67. The standard InChI is InChI=1S/C19H24BrN/c1-4-12-21-19(16-10-7-15(5-2)8-11-16)17-9-6-14(3)18(20)13-17/h6-11,13,19,21H,4-5,12H2,1-3H3. The van der Waals surface area contributed by atoms with Crippen LogP contribution in [0.4, 0.5) is 0 Å². The molecule has 2 aromatic carbocycles. The maximum Gasteiger partial charge on any atom is 0.0577 e. The van der Waals surface area contributed by atoms with E-state index in [1.807, 2.05) is 0 Å². The zero-order valence-corrected chi connectivity index (χ0v) is 14.7. The second kappa shape index (κ2) is 7.77. The van der Waals surface area contributed by atoms with Crippen LogP contribution in [0.2, 0.25) is 0 Å². The topological polar surface area (TPSA) is 12.0 Å². The Morgan fingerprint density at radius 2 is 1.67 bits per heavy atom. The summed E-state index contributed by atoms with van der Waals surface area (Å²) in [5.74, 6) is 0. The van der Waals surface area contributed by atoms with E-state index >= 15 is 0 Å². The number of hydrogen-bond donors (Lipinski definition) is 1. The lowest BCUT2D eigenvalue weighted by atomic mass is 9.96. The highest BCUT2D eigenvalue weighted by molar-refractivity contribution is 9.10. The predicted octanol–water partition coefficient (Wildman–Crippen LogP) is 5.41. The van der Waals surface area contributed by atoms with Crippen molar-refractivity contribution in [3.05, 3.63) is 69.2 Å². The first kappa shape index (κ1) is 16.3. The molecule has 0 aromatic heterocycles. The first-order valence-electron chi connectivity index (χ1n) is 7.74. The summed E-state index contributed by atoms with van der Waals surface area (Å²) in [6.45, 7) is 7.54. The second-order valence-corrected chi connectivity index (χ2v) is 6.35. The number of benzene rings is 2. The monoisotopic (exact) mass is 345 g/mol. The molecule has 0 aliphatic heterocycles. The zero-order valence-electron chi connectivity index (χ0n) is 13.1. The number of hydrogen-bond acceptors (Lipinski definition) is 1. The van der Waals surface area contributed by atoms with Gasteiger partial charge in [-0.05, 0) is 54.6 Å². The second-order valence-electron chi connectivity index (χ2n) is 5.49. The Bertz CT molecular complexity index is 575. The van der Waals surface area contributed by atoms with Crippen molar-refractivity contribution in [2.24, 2.45) is 0 Å². The number of aryl methyl sites for hydroxylation is 2. The molecule has 1 N–H and O–H groups in total. The highest BCUT2D eigenvalue weighted by atomic mass is 79.9. The van der Waals surface area contributed by atoms with Crippen LogP contribution in [0.25, 0.3) is 0 Å². The average Bonchev–Trinajstić information content (AvgIpc) is 2.51. The van der Waals surface area contributed by atoms with E-state index in [0.29, 0.717) is 0 Å². The Hall–Kier alpha value is -1.12. The molecule has 0 aliphatic rings. The number of rotatable bonds is 6. The van der Waals surface area contributed by atoms with Crippen LogP contribution in [0.5, 0.6) is 0 Å². The van der Waals surface area contributed by atoms with Crippen LogP contribution in [-0.4, -0.2) is 6.54 Å². The number of halogens is 1. The molecular weight excluding hydrogens is 322 g/mol. The van der Waals surface area contributed by atoms with Crippen LogP contribution in [-0.2, 0) is 6.42 Å². The van der Waals surface area contributed by atoms with Crippen LogP contribution in [0.1, 0.15) is 48.6 Å². The highest BCUT2D eigenvalue weighted by Crippen LogP contribution is 2.27. The van der Waals surface area contributed by atoms with Gasteiger partial charge < -0.3 is 5.32 Å². The van der Waals surface area contributed by atoms with Crippen molar-refractivity contribution in [3.63, 3.8) is 0 Å². The Kier molecular flexibility index (Phi) is 6.01. The van der Waals surface area contributed by atoms with Crippen molar-refractivity contribution in [2.45, 2.75) is 39.7 Å². The van der Waals surface area contributed by atoms with Gasteiger partial charge in [0, 0.05) is 4.47 Å². The summed E-state index contributed by atoms with van der Waals surface area (Å²) >= 11 is 3.65. The summed E-state index contributed by atoms with van der Waals surface area (Å²) in [6, 6.07) is 15.9. The van der Waals surface area contributed by atoms with Crippen LogP contribution in [0, 0.1) is 6.92 Å². The highest BCUT2D eigenvalue weighted by Gasteiger charge is 2.14. The molecular formula is C19H24BrN. The molecule has 1 unspecified atom stereocenters. The van der Waals surface area contributed by atoms with Gasteiger partial charge in [-0.3, -0.25) is 0 Å². The van der Waals surface area contributed by atoms with Gasteiger partial charge in [-0.1, -0.05) is 66.2 Å². The molecule has 0 spiro atoms. The third-order valence-electron chi connectivity index (χ3n) is 3.85. The molecule has 0 fully saturated rings. The van der Waals surface area contributed by atoms with E-state index in [2.05, 4.69) is 84.5 Å².